The van der Waals surface area contributed by atoms with Crippen LogP contribution in [0, 0.1) is 6.92 Å². The first-order valence-corrected chi connectivity index (χ1v) is 6.07. The average molecular weight is 250 g/mol. The molecule has 0 radical (unpaired) electrons. The largest absolute Gasteiger partial charge is 0.383 e. The molecule has 1 amide bonds. The van der Waals surface area contributed by atoms with E-state index in [2.05, 4.69) is 0 Å². The number of nitrogens with two attached hydrogens (primary N) is 1. The Morgan fingerprint density at radius 2 is 2.11 bits per heavy atom. The molecule has 2 N–H and O–H groups in total. The van der Waals surface area contributed by atoms with E-state index in [9.17, 15) is 4.79 Å². The van der Waals surface area contributed by atoms with Crippen LogP contribution in [0.5, 0.6) is 0 Å². The van der Waals surface area contributed by atoms with Gasteiger partial charge < -0.3 is 15.4 Å². The Hall–Kier alpha value is -1.39. The van der Waals surface area contributed by atoms with Crippen molar-refractivity contribution in [2.75, 3.05) is 27.3 Å². The minimum Gasteiger partial charge on any atom is -0.383 e. The molecule has 0 aliphatic carbocycles. The summed E-state index contributed by atoms with van der Waals surface area (Å²) >= 11 is 0. The first kappa shape index (κ1) is 14.7. The summed E-state index contributed by atoms with van der Waals surface area (Å²) in [4.78, 5) is 13.7. The molecule has 1 atom stereocenters. The fraction of sp³-hybridized carbons (Fsp3) is 0.500. The van der Waals surface area contributed by atoms with Crippen LogP contribution in [-0.4, -0.2) is 44.2 Å². The van der Waals surface area contributed by atoms with E-state index >= 15 is 0 Å². The first-order valence-electron chi connectivity index (χ1n) is 6.07. The molecule has 0 aromatic heterocycles. The SMILES string of the molecule is COCC(N)CN(C)C(=O)Cc1ccccc1C. The summed E-state index contributed by atoms with van der Waals surface area (Å²) in [5.74, 6) is 0.0795. The van der Waals surface area contributed by atoms with E-state index in [4.69, 9.17) is 10.5 Å². The number of aryl methyl sites for hydroxylation is 1. The van der Waals surface area contributed by atoms with Crippen molar-refractivity contribution < 1.29 is 9.53 Å². The summed E-state index contributed by atoms with van der Waals surface area (Å²) in [5, 5.41) is 0. The van der Waals surface area contributed by atoms with E-state index in [-0.39, 0.29) is 11.9 Å². The van der Waals surface area contributed by atoms with Crippen LogP contribution < -0.4 is 5.73 Å². The van der Waals surface area contributed by atoms with E-state index in [1.807, 2.05) is 31.2 Å². The number of rotatable bonds is 6. The predicted molar refractivity (Wildman–Crippen MR) is 72.4 cm³/mol. The minimum absolute atomic E-state index is 0.0795. The second kappa shape index (κ2) is 7.13. The number of amides is 1. The van der Waals surface area contributed by atoms with Gasteiger partial charge in [0.2, 0.25) is 5.91 Å². The van der Waals surface area contributed by atoms with Crippen LogP contribution >= 0.6 is 0 Å². The topological polar surface area (TPSA) is 55.6 Å². The second-order valence-electron chi connectivity index (χ2n) is 4.59. The molecule has 0 saturated carbocycles. The highest BCUT2D eigenvalue weighted by molar-refractivity contribution is 5.78. The maximum Gasteiger partial charge on any atom is 0.226 e. The van der Waals surface area contributed by atoms with E-state index in [1.54, 1.807) is 19.1 Å². The highest BCUT2D eigenvalue weighted by Crippen LogP contribution is 2.08. The van der Waals surface area contributed by atoms with Gasteiger partial charge in [-0.15, -0.1) is 0 Å². The van der Waals surface area contributed by atoms with Gasteiger partial charge in [0, 0.05) is 26.7 Å². The molecule has 1 rings (SSSR count). The van der Waals surface area contributed by atoms with Crippen molar-refractivity contribution in [1.82, 2.24) is 4.90 Å². The lowest BCUT2D eigenvalue weighted by atomic mass is 10.1. The van der Waals surface area contributed by atoms with Gasteiger partial charge >= 0.3 is 0 Å². The van der Waals surface area contributed by atoms with Crippen molar-refractivity contribution in [3.05, 3.63) is 35.4 Å². The van der Waals surface area contributed by atoms with Crippen molar-refractivity contribution >= 4 is 5.91 Å². The molecule has 0 bridgehead atoms. The molecule has 0 aliphatic rings. The van der Waals surface area contributed by atoms with Gasteiger partial charge in [0.05, 0.1) is 13.0 Å². The van der Waals surface area contributed by atoms with Crippen LogP contribution in [0.2, 0.25) is 0 Å². The van der Waals surface area contributed by atoms with E-state index in [1.165, 1.54) is 0 Å². The van der Waals surface area contributed by atoms with Gasteiger partial charge in [-0.2, -0.15) is 0 Å². The number of carbonyl (C=O) groups excluding carboxylic acids is 1. The van der Waals surface area contributed by atoms with Gasteiger partial charge in [-0.25, -0.2) is 0 Å². The highest BCUT2D eigenvalue weighted by atomic mass is 16.5. The summed E-state index contributed by atoms with van der Waals surface area (Å²) in [6.45, 7) is 2.99. The maximum atomic E-state index is 12.0. The molecule has 18 heavy (non-hydrogen) atoms. The van der Waals surface area contributed by atoms with Crippen molar-refractivity contribution in [2.45, 2.75) is 19.4 Å². The van der Waals surface area contributed by atoms with Gasteiger partial charge in [-0.3, -0.25) is 4.79 Å². The fourth-order valence-corrected chi connectivity index (χ4v) is 1.83. The predicted octanol–water partition coefficient (Wildman–Crippen LogP) is 0.970. The fourth-order valence-electron chi connectivity index (χ4n) is 1.83. The quantitative estimate of drug-likeness (QED) is 0.818. The Balaban J connectivity index is 2.52. The Morgan fingerprint density at radius 1 is 1.44 bits per heavy atom. The Morgan fingerprint density at radius 3 is 2.72 bits per heavy atom. The van der Waals surface area contributed by atoms with Crippen molar-refractivity contribution in [3.63, 3.8) is 0 Å². The summed E-state index contributed by atoms with van der Waals surface area (Å²) in [7, 11) is 3.38. The van der Waals surface area contributed by atoms with Crippen LogP contribution in [0.25, 0.3) is 0 Å². The third-order valence-electron chi connectivity index (χ3n) is 2.92. The zero-order chi connectivity index (χ0) is 13.5. The number of benzene rings is 1. The van der Waals surface area contributed by atoms with Crippen LogP contribution in [0.4, 0.5) is 0 Å². The number of hydrogen-bond donors (Lipinski definition) is 1. The molecule has 1 aromatic carbocycles. The Labute approximate surface area is 109 Å². The molecule has 1 unspecified atom stereocenters. The van der Waals surface area contributed by atoms with E-state index in [0.29, 0.717) is 19.6 Å². The minimum atomic E-state index is -0.138. The van der Waals surface area contributed by atoms with Crippen molar-refractivity contribution in [1.29, 1.82) is 0 Å². The monoisotopic (exact) mass is 250 g/mol. The summed E-state index contributed by atoms with van der Waals surface area (Å²) in [5.41, 5.74) is 8.03. The maximum absolute atomic E-state index is 12.0. The third-order valence-corrected chi connectivity index (χ3v) is 2.92. The van der Waals surface area contributed by atoms with Gasteiger partial charge in [-0.05, 0) is 18.1 Å². The Bertz CT molecular complexity index is 393. The number of hydrogen-bond acceptors (Lipinski definition) is 3. The molecular formula is C14H22N2O2. The van der Waals surface area contributed by atoms with Crippen LogP contribution in [0.3, 0.4) is 0 Å². The van der Waals surface area contributed by atoms with E-state index < -0.39 is 0 Å². The van der Waals surface area contributed by atoms with Gasteiger partial charge in [0.25, 0.3) is 0 Å². The lowest BCUT2D eigenvalue weighted by Crippen LogP contribution is -2.41. The third kappa shape index (κ3) is 4.47. The summed E-state index contributed by atoms with van der Waals surface area (Å²) in [6, 6.07) is 7.78. The lowest BCUT2D eigenvalue weighted by Gasteiger charge is -2.21. The summed E-state index contributed by atoms with van der Waals surface area (Å²) in [6.07, 6.45) is 0.420. The average Bonchev–Trinajstić information content (AvgIpc) is 2.32. The summed E-state index contributed by atoms with van der Waals surface area (Å²) < 4.78 is 4.96. The van der Waals surface area contributed by atoms with E-state index in [0.717, 1.165) is 11.1 Å². The van der Waals surface area contributed by atoms with Gasteiger partial charge in [0.15, 0.2) is 0 Å². The number of methoxy groups -OCH3 is 1. The highest BCUT2D eigenvalue weighted by Gasteiger charge is 2.13. The molecule has 0 aliphatic heterocycles. The van der Waals surface area contributed by atoms with Gasteiger partial charge in [0.1, 0.15) is 0 Å². The molecule has 1 aromatic rings. The molecule has 0 fully saturated rings. The Kier molecular flexibility index (Phi) is 5.82. The molecule has 0 heterocycles. The number of ether oxygens (including phenoxy) is 1. The second-order valence-corrected chi connectivity index (χ2v) is 4.59. The lowest BCUT2D eigenvalue weighted by molar-refractivity contribution is -0.129. The zero-order valence-corrected chi connectivity index (χ0v) is 11.3. The molecule has 4 nitrogen and oxygen atoms in total. The zero-order valence-electron chi connectivity index (χ0n) is 11.3. The van der Waals surface area contributed by atoms with Gasteiger partial charge in [-0.1, -0.05) is 24.3 Å². The number of likely N-dealkylation sites (N-methyl/N-ethyl adjacent to an activating group) is 1. The molecule has 100 valence electrons. The number of carbonyl (C=O) groups is 1. The first-order chi connectivity index (χ1) is 8.54. The smallest absolute Gasteiger partial charge is 0.226 e. The molecular weight excluding hydrogens is 228 g/mol. The molecule has 0 saturated heterocycles. The van der Waals surface area contributed by atoms with Crippen molar-refractivity contribution in [3.8, 4) is 0 Å². The number of nitrogens with zero attached hydrogens (tertiary/aromatic N) is 1. The standard InChI is InChI=1S/C14H22N2O2/c1-11-6-4-5-7-12(11)8-14(17)16(2)9-13(15)10-18-3/h4-7,13H,8-10,15H2,1-3H3. The molecule has 0 spiro atoms. The van der Waals surface area contributed by atoms with Crippen LogP contribution in [0.15, 0.2) is 24.3 Å². The van der Waals surface area contributed by atoms with Crippen LogP contribution in [0.1, 0.15) is 11.1 Å². The normalized spacial score (nSPS) is 12.2. The van der Waals surface area contributed by atoms with Crippen molar-refractivity contribution in [2.24, 2.45) is 5.73 Å². The molecule has 4 heteroatoms. The van der Waals surface area contributed by atoms with Crippen LogP contribution in [-0.2, 0) is 16.0 Å².